The molecule has 1 aromatic rings. The fourth-order valence-electron chi connectivity index (χ4n) is 5.65. The van der Waals surface area contributed by atoms with Gasteiger partial charge in [-0.1, -0.05) is 11.2 Å². The van der Waals surface area contributed by atoms with Crippen molar-refractivity contribution in [2.24, 2.45) is 16.1 Å². The van der Waals surface area contributed by atoms with Crippen molar-refractivity contribution in [2.75, 3.05) is 13.2 Å². The number of fused-ring (bicyclic) bond motifs is 1. The zero-order valence-corrected chi connectivity index (χ0v) is 16.2. The van der Waals surface area contributed by atoms with Gasteiger partial charge in [-0.05, 0) is 48.3 Å². The van der Waals surface area contributed by atoms with Gasteiger partial charge in [-0.2, -0.15) is 4.91 Å². The summed E-state index contributed by atoms with van der Waals surface area (Å²) in [6, 6.07) is 2.42. The molecule has 0 spiro atoms. The molecule has 158 valence electrons. The largest absolute Gasteiger partial charge is 0.505 e. The topological polar surface area (TPSA) is 152 Å². The Morgan fingerprint density at radius 2 is 2.17 bits per heavy atom. The van der Waals surface area contributed by atoms with Crippen LogP contribution in [0.1, 0.15) is 36.8 Å². The molecule has 3 N–H and O–H groups in total. The van der Waals surface area contributed by atoms with Crippen molar-refractivity contribution in [1.29, 1.82) is 0 Å². The van der Waals surface area contributed by atoms with Crippen molar-refractivity contribution >= 4 is 17.6 Å². The van der Waals surface area contributed by atoms with Gasteiger partial charge in [-0.15, -0.1) is 4.91 Å². The Kier molecular flexibility index (Phi) is 4.79. The molecule has 3 atom stereocenters. The van der Waals surface area contributed by atoms with Gasteiger partial charge in [0.05, 0.1) is 6.04 Å². The summed E-state index contributed by atoms with van der Waals surface area (Å²) < 4.78 is 5.25. The fourth-order valence-corrected chi connectivity index (χ4v) is 5.65. The van der Waals surface area contributed by atoms with E-state index in [1.54, 1.807) is 6.07 Å². The van der Waals surface area contributed by atoms with E-state index >= 15 is 0 Å². The van der Waals surface area contributed by atoms with Crippen LogP contribution in [0.4, 0.5) is 10.5 Å². The number of ether oxygens (including phenoxy) is 1. The molecule has 0 radical (unpaired) electrons. The predicted molar refractivity (Wildman–Crippen MR) is 106 cm³/mol. The van der Waals surface area contributed by atoms with E-state index in [-0.39, 0.29) is 62.5 Å². The molecule has 1 saturated heterocycles. The molecule has 1 saturated carbocycles. The Bertz CT molecular complexity index is 963. The number of ketones is 1. The average Bonchev–Trinajstić information content (AvgIpc) is 2.73. The van der Waals surface area contributed by atoms with Gasteiger partial charge in [0.1, 0.15) is 29.4 Å². The number of Topliss-reactive ketones (excluding diaryl/α,β-unsaturated/α-hetero) is 1. The minimum atomic E-state index is -1.31. The van der Waals surface area contributed by atoms with Gasteiger partial charge >= 0.3 is 6.09 Å². The summed E-state index contributed by atoms with van der Waals surface area (Å²) >= 11 is 0. The second-order valence-corrected chi connectivity index (χ2v) is 8.04. The van der Waals surface area contributed by atoms with E-state index in [4.69, 9.17) is 10.5 Å². The van der Waals surface area contributed by atoms with Gasteiger partial charge < -0.3 is 20.5 Å². The maximum absolute atomic E-state index is 12.8. The first-order valence-electron chi connectivity index (χ1n) is 9.79. The van der Waals surface area contributed by atoms with Crippen LogP contribution < -0.4 is 5.73 Å². The molecule has 3 aliphatic rings. The highest BCUT2D eigenvalue weighted by Gasteiger charge is 2.68. The summed E-state index contributed by atoms with van der Waals surface area (Å²) in [5, 5.41) is 17.2. The normalized spacial score (nSPS) is 29.8. The molecule has 1 aromatic carbocycles. The molecule has 10 heteroatoms. The number of amides is 1. The lowest BCUT2D eigenvalue weighted by atomic mass is 9.48. The van der Waals surface area contributed by atoms with E-state index in [2.05, 4.69) is 10.4 Å². The highest BCUT2D eigenvalue weighted by Crippen LogP contribution is 2.62. The van der Waals surface area contributed by atoms with Crippen molar-refractivity contribution in [3.63, 3.8) is 0 Å². The van der Waals surface area contributed by atoms with Crippen molar-refractivity contribution in [3.8, 4) is 5.75 Å². The van der Waals surface area contributed by atoms with Gasteiger partial charge in [0, 0.05) is 30.4 Å². The number of piperidine rings is 1. The Morgan fingerprint density at radius 3 is 2.87 bits per heavy atom. The molecule has 1 amide bonds. The number of nitroso groups, excluding NO2 is 2. The molecule has 2 fully saturated rings. The van der Waals surface area contributed by atoms with Crippen LogP contribution in [0.25, 0.3) is 0 Å². The lowest BCUT2D eigenvalue weighted by molar-refractivity contribution is -0.128. The van der Waals surface area contributed by atoms with Crippen LogP contribution in [-0.2, 0) is 21.4 Å². The third kappa shape index (κ3) is 2.55. The van der Waals surface area contributed by atoms with Crippen LogP contribution in [0.3, 0.4) is 0 Å². The predicted octanol–water partition coefficient (Wildman–Crippen LogP) is 2.53. The Morgan fingerprint density at radius 1 is 1.37 bits per heavy atom. The lowest BCUT2D eigenvalue weighted by Gasteiger charge is -2.61. The molecule has 2 aliphatic carbocycles. The molecule has 1 unspecified atom stereocenters. The number of phenols is 1. The Hall–Kier alpha value is -3.30. The number of phenolic OH excluding ortho intramolecular Hbond substituents is 1. The van der Waals surface area contributed by atoms with Crippen LogP contribution in [-0.4, -0.2) is 46.6 Å². The molecule has 30 heavy (non-hydrogen) atoms. The number of hydrogen-bond donors (Lipinski definition) is 2. The van der Waals surface area contributed by atoms with Gasteiger partial charge in [0.2, 0.25) is 0 Å². The van der Waals surface area contributed by atoms with Crippen molar-refractivity contribution < 1.29 is 19.4 Å². The van der Waals surface area contributed by atoms with Gasteiger partial charge in [-0.25, -0.2) is 4.79 Å². The van der Waals surface area contributed by atoms with Crippen molar-refractivity contribution in [2.45, 2.75) is 49.1 Å². The highest BCUT2D eigenvalue weighted by molar-refractivity contribution is 5.84. The lowest BCUT2D eigenvalue weighted by Crippen LogP contribution is -2.73. The van der Waals surface area contributed by atoms with Gasteiger partial charge in [0.15, 0.2) is 0 Å². The summed E-state index contributed by atoms with van der Waals surface area (Å²) in [4.78, 5) is 50.3. The highest BCUT2D eigenvalue weighted by atomic mass is 16.6. The maximum atomic E-state index is 12.8. The number of likely N-dealkylation sites (tertiary alicyclic amines) is 1. The number of carbonyl (C=O) groups excluding carboxylic acids is 2. The third-order valence-corrected chi connectivity index (χ3v) is 6.89. The van der Waals surface area contributed by atoms with E-state index in [1.165, 1.54) is 23.2 Å². The summed E-state index contributed by atoms with van der Waals surface area (Å²) in [5.41, 5.74) is 3.78. The van der Waals surface area contributed by atoms with E-state index in [9.17, 15) is 24.5 Å². The third-order valence-electron chi connectivity index (χ3n) is 6.89. The first-order valence-corrected chi connectivity index (χ1v) is 9.79. The molecule has 1 heterocycles. The molecular weight excluding hydrogens is 392 g/mol. The van der Waals surface area contributed by atoms with Gasteiger partial charge in [0.25, 0.3) is 0 Å². The van der Waals surface area contributed by atoms with E-state index in [0.29, 0.717) is 11.1 Å². The second-order valence-electron chi connectivity index (χ2n) is 8.04. The van der Waals surface area contributed by atoms with Crippen LogP contribution in [0.5, 0.6) is 5.75 Å². The molecule has 10 nitrogen and oxygen atoms in total. The second kappa shape index (κ2) is 7.19. The number of benzene rings is 1. The maximum Gasteiger partial charge on any atom is 0.410 e. The number of rotatable bonds is 4. The first-order chi connectivity index (χ1) is 14.4. The number of aromatic hydroxyl groups is 1. The number of nitrogens with zero attached hydrogens (tertiary/aromatic N) is 3. The molecule has 2 bridgehead atoms. The van der Waals surface area contributed by atoms with E-state index < -0.39 is 23.1 Å². The smallest absolute Gasteiger partial charge is 0.410 e. The number of carbonyl (C=O) groups is 2. The quantitative estimate of drug-likeness (QED) is 0.718. The minimum absolute atomic E-state index is 0.00452. The Balaban J connectivity index is 1.87. The average molecular weight is 414 g/mol. The monoisotopic (exact) mass is 414 g/mol. The SMILES string of the molecule is NC=CCOC(=O)N1CC[C@]23CC(=O)CCC2(N=O)[C@H]1Cc1ccc(N=O)c(O)c13. The van der Waals surface area contributed by atoms with Gasteiger partial charge in [-0.3, -0.25) is 4.79 Å². The van der Waals surface area contributed by atoms with Crippen LogP contribution in [0.2, 0.25) is 0 Å². The van der Waals surface area contributed by atoms with E-state index in [1.807, 2.05) is 0 Å². The van der Waals surface area contributed by atoms with Crippen LogP contribution >= 0.6 is 0 Å². The molecular formula is C20H22N4O6. The summed E-state index contributed by atoms with van der Waals surface area (Å²) in [6.07, 6.45) is 2.96. The first kappa shape index (κ1) is 20.0. The summed E-state index contributed by atoms with van der Waals surface area (Å²) in [6.45, 7) is 0.216. The fraction of sp³-hybridized carbons (Fsp3) is 0.500. The molecule has 4 rings (SSSR count). The summed E-state index contributed by atoms with van der Waals surface area (Å²) in [5.74, 6) is -0.360. The standard InChI is InChI=1S/C20H22N4O6/c21-7-1-9-30-18(27)24-8-6-19-11-13(25)4-5-20(19,23-29)15(24)10-12-2-3-14(22-28)17(26)16(12)19/h1-3,7,15,26H,4-6,8-11,21H2/t15-,19-,20?/m1/s1. The zero-order chi connectivity index (χ0) is 21.5. The summed E-state index contributed by atoms with van der Waals surface area (Å²) in [7, 11) is 0. The van der Waals surface area contributed by atoms with Crippen LogP contribution in [0, 0.1) is 9.81 Å². The zero-order valence-electron chi connectivity index (χ0n) is 16.2. The van der Waals surface area contributed by atoms with E-state index in [0.717, 1.165) is 0 Å². The number of hydrogen-bond acceptors (Lipinski definition) is 9. The van der Waals surface area contributed by atoms with Crippen molar-refractivity contribution in [3.05, 3.63) is 45.3 Å². The molecule has 0 aromatic heterocycles. The van der Waals surface area contributed by atoms with Crippen LogP contribution in [0.15, 0.2) is 34.8 Å². The molecule has 1 aliphatic heterocycles. The number of nitrogens with two attached hydrogens (primary N) is 1. The minimum Gasteiger partial charge on any atom is -0.505 e. The van der Waals surface area contributed by atoms with Crippen molar-refractivity contribution in [1.82, 2.24) is 4.90 Å². The Labute approximate surface area is 172 Å².